The van der Waals surface area contributed by atoms with Gasteiger partial charge < -0.3 is 19.0 Å². The molecule has 0 aliphatic carbocycles. The fourth-order valence-corrected chi connectivity index (χ4v) is 3.22. The molecule has 0 radical (unpaired) electrons. The van der Waals surface area contributed by atoms with Gasteiger partial charge in [-0.05, 0) is 13.3 Å². The lowest BCUT2D eigenvalue weighted by Crippen LogP contribution is -2.45. The molecule has 0 aliphatic heterocycles. The lowest BCUT2D eigenvalue weighted by molar-refractivity contribution is 0.122. The molecule has 13 heavy (non-hydrogen) atoms. The Morgan fingerprint density at radius 3 is 1.85 bits per heavy atom. The molecule has 1 atom stereocenters. The van der Waals surface area contributed by atoms with Crippen LogP contribution in [0.2, 0.25) is 6.04 Å². The second-order valence-corrected chi connectivity index (χ2v) is 7.26. The van der Waals surface area contributed by atoms with Gasteiger partial charge in [-0.25, -0.2) is 0 Å². The number of rotatable bonds is 6. The molecule has 0 amide bonds. The van der Waals surface area contributed by atoms with E-state index in [1.165, 1.54) is 0 Å². The molecule has 1 unspecified atom stereocenters. The zero-order chi connectivity index (χ0) is 10.5. The molecule has 0 saturated heterocycles. The number of nitrogens with two attached hydrogens (primary N) is 1. The highest BCUT2D eigenvalue weighted by Crippen LogP contribution is 2.21. The van der Waals surface area contributed by atoms with E-state index in [4.69, 9.17) is 19.0 Å². The van der Waals surface area contributed by atoms with Crippen molar-refractivity contribution >= 4 is 21.4 Å². The zero-order valence-corrected chi connectivity index (χ0v) is 10.6. The highest BCUT2D eigenvalue weighted by atomic mass is 32.1. The Morgan fingerprint density at radius 2 is 1.62 bits per heavy atom. The molecule has 0 aromatic carbocycles. The molecule has 2 N–H and O–H groups in total. The minimum atomic E-state index is -2.46. The van der Waals surface area contributed by atoms with Crippen molar-refractivity contribution in [3.63, 3.8) is 0 Å². The number of hydrogen-bond acceptors (Lipinski definition) is 5. The van der Waals surface area contributed by atoms with Crippen LogP contribution < -0.4 is 5.73 Å². The van der Waals surface area contributed by atoms with Gasteiger partial charge in [0.15, 0.2) is 0 Å². The van der Waals surface area contributed by atoms with E-state index in [2.05, 4.69) is 12.6 Å². The van der Waals surface area contributed by atoms with E-state index in [1.54, 1.807) is 21.3 Å². The van der Waals surface area contributed by atoms with Crippen molar-refractivity contribution in [2.45, 2.75) is 24.3 Å². The number of hydrogen-bond donors (Lipinski definition) is 2. The van der Waals surface area contributed by atoms with Gasteiger partial charge in [0.1, 0.15) is 0 Å². The van der Waals surface area contributed by atoms with Gasteiger partial charge in [-0.15, -0.1) is 0 Å². The summed E-state index contributed by atoms with van der Waals surface area (Å²) in [4.78, 5) is -0.506. The summed E-state index contributed by atoms with van der Waals surface area (Å²) >= 11 is 4.22. The van der Waals surface area contributed by atoms with Crippen molar-refractivity contribution < 1.29 is 13.3 Å². The van der Waals surface area contributed by atoms with E-state index in [1.807, 2.05) is 6.92 Å². The van der Waals surface area contributed by atoms with Crippen LogP contribution in [0.3, 0.4) is 0 Å². The van der Waals surface area contributed by atoms with Crippen molar-refractivity contribution in [1.29, 1.82) is 0 Å². The Hall–Kier alpha value is 0.407. The van der Waals surface area contributed by atoms with Crippen LogP contribution in [0.5, 0.6) is 0 Å². The topological polar surface area (TPSA) is 53.7 Å². The van der Waals surface area contributed by atoms with Crippen LogP contribution in [0.25, 0.3) is 0 Å². The molecular formula is C7H19NO3SSi. The molecule has 0 spiro atoms. The van der Waals surface area contributed by atoms with Crippen LogP contribution in [-0.4, -0.2) is 35.0 Å². The van der Waals surface area contributed by atoms with E-state index < -0.39 is 13.7 Å². The molecule has 80 valence electrons. The first kappa shape index (κ1) is 13.4. The van der Waals surface area contributed by atoms with Crippen LogP contribution >= 0.6 is 12.6 Å². The minimum absolute atomic E-state index is 0.506. The van der Waals surface area contributed by atoms with E-state index in [0.29, 0.717) is 12.5 Å². The van der Waals surface area contributed by atoms with Crippen LogP contribution in [0.1, 0.15) is 13.3 Å². The molecule has 6 heteroatoms. The maximum Gasteiger partial charge on any atom is 0.500 e. The Labute approximate surface area is 86.5 Å². The third-order valence-electron chi connectivity index (χ3n) is 1.87. The summed E-state index contributed by atoms with van der Waals surface area (Å²) in [7, 11) is 2.31. The first-order chi connectivity index (χ1) is 5.89. The first-order valence-electron chi connectivity index (χ1n) is 4.06. The predicted molar refractivity (Wildman–Crippen MR) is 57.8 cm³/mol. The van der Waals surface area contributed by atoms with Crippen molar-refractivity contribution in [2.75, 3.05) is 21.3 Å². The molecule has 0 rings (SSSR count). The van der Waals surface area contributed by atoms with Gasteiger partial charge in [0.05, 0.1) is 4.87 Å². The number of thiol groups is 1. The molecule has 0 saturated carbocycles. The predicted octanol–water partition coefficient (Wildman–Crippen LogP) is 0.859. The van der Waals surface area contributed by atoms with Crippen molar-refractivity contribution in [2.24, 2.45) is 5.73 Å². The summed E-state index contributed by atoms with van der Waals surface area (Å²) < 4.78 is 15.7. The molecule has 0 fully saturated rings. The maximum atomic E-state index is 5.73. The smallest absolute Gasteiger partial charge is 0.377 e. The van der Waals surface area contributed by atoms with Crippen LogP contribution in [0, 0.1) is 0 Å². The quantitative estimate of drug-likeness (QED) is 0.400. The highest BCUT2D eigenvalue weighted by Gasteiger charge is 2.38. The Morgan fingerprint density at radius 1 is 1.23 bits per heavy atom. The molecule has 0 bridgehead atoms. The van der Waals surface area contributed by atoms with Crippen LogP contribution in [0.15, 0.2) is 0 Å². The molecular weight excluding hydrogens is 206 g/mol. The van der Waals surface area contributed by atoms with Gasteiger partial charge in [-0.1, -0.05) is 0 Å². The van der Waals surface area contributed by atoms with E-state index in [0.717, 1.165) is 0 Å². The fourth-order valence-electron chi connectivity index (χ4n) is 0.962. The Kier molecular flexibility index (Phi) is 5.49. The lowest BCUT2D eigenvalue weighted by Gasteiger charge is -2.27. The van der Waals surface area contributed by atoms with Gasteiger partial charge in [0.2, 0.25) is 0 Å². The average molecular weight is 225 g/mol. The average Bonchev–Trinajstić information content (AvgIpc) is 2.06. The summed E-state index contributed by atoms with van der Waals surface area (Å²) in [6.07, 6.45) is 0.692. The molecule has 0 aromatic heterocycles. The molecule has 0 aliphatic rings. The van der Waals surface area contributed by atoms with Crippen molar-refractivity contribution in [3.05, 3.63) is 0 Å². The standard InChI is InChI=1S/C7H19NO3SSi/c1-7(8,12)5-6-13(9-2,10-3)11-4/h12H,5-6,8H2,1-4H3. The second-order valence-electron chi connectivity index (χ2n) is 3.15. The maximum absolute atomic E-state index is 5.73. The van der Waals surface area contributed by atoms with Gasteiger partial charge >= 0.3 is 8.80 Å². The van der Waals surface area contributed by atoms with E-state index in [9.17, 15) is 0 Å². The largest absolute Gasteiger partial charge is 0.500 e. The summed E-state index contributed by atoms with van der Waals surface area (Å²) in [5, 5.41) is 0. The Balaban J connectivity index is 4.11. The highest BCUT2D eigenvalue weighted by molar-refractivity contribution is 7.81. The molecule has 0 heterocycles. The van der Waals surface area contributed by atoms with Gasteiger partial charge in [-0.3, -0.25) is 0 Å². The molecule has 4 nitrogen and oxygen atoms in total. The monoisotopic (exact) mass is 225 g/mol. The minimum Gasteiger partial charge on any atom is -0.377 e. The third kappa shape index (κ3) is 4.99. The third-order valence-corrected chi connectivity index (χ3v) is 4.82. The van der Waals surface area contributed by atoms with Crippen molar-refractivity contribution in [1.82, 2.24) is 0 Å². The normalized spacial score (nSPS) is 17.1. The van der Waals surface area contributed by atoms with Crippen LogP contribution in [-0.2, 0) is 13.3 Å². The lowest BCUT2D eigenvalue weighted by atomic mass is 10.3. The summed E-state index contributed by atoms with van der Waals surface area (Å²) in [6.45, 7) is 1.84. The fraction of sp³-hybridized carbons (Fsp3) is 1.00. The Bertz CT molecular complexity index is 139. The molecule has 0 aromatic rings. The second kappa shape index (κ2) is 5.33. The first-order valence-corrected chi connectivity index (χ1v) is 6.44. The summed E-state index contributed by atoms with van der Waals surface area (Å²) in [5.41, 5.74) is 5.73. The van der Waals surface area contributed by atoms with E-state index >= 15 is 0 Å². The van der Waals surface area contributed by atoms with Gasteiger partial charge in [0.25, 0.3) is 0 Å². The summed E-state index contributed by atoms with van der Waals surface area (Å²) in [6, 6.07) is 0.674. The van der Waals surface area contributed by atoms with Crippen molar-refractivity contribution in [3.8, 4) is 0 Å². The van der Waals surface area contributed by atoms with Crippen LogP contribution in [0.4, 0.5) is 0 Å². The zero-order valence-electron chi connectivity index (χ0n) is 8.66. The van der Waals surface area contributed by atoms with Gasteiger partial charge in [0, 0.05) is 27.4 Å². The van der Waals surface area contributed by atoms with Gasteiger partial charge in [-0.2, -0.15) is 12.6 Å². The summed E-state index contributed by atoms with van der Waals surface area (Å²) in [5.74, 6) is 0. The van der Waals surface area contributed by atoms with E-state index in [-0.39, 0.29) is 0 Å². The SMILES string of the molecule is CO[Si](CCC(C)(N)S)(OC)OC.